The van der Waals surface area contributed by atoms with Gasteiger partial charge in [-0.1, -0.05) is 19.3 Å². The smallest absolute Gasteiger partial charge is 0.220 e. The van der Waals surface area contributed by atoms with E-state index in [1.54, 1.807) is 0 Å². The number of hydrogen-bond donors (Lipinski definition) is 2. The first-order chi connectivity index (χ1) is 9.29. The molecule has 3 nitrogen and oxygen atoms in total. The highest BCUT2D eigenvalue weighted by Gasteiger charge is 2.25. The number of carbonyl (C=O) groups is 1. The summed E-state index contributed by atoms with van der Waals surface area (Å²) in [6.07, 6.45) is 12.7. The first kappa shape index (κ1) is 15.2. The molecule has 1 saturated carbocycles. The summed E-state index contributed by atoms with van der Waals surface area (Å²) in [5, 5.41) is 7.42. The van der Waals surface area contributed by atoms with Gasteiger partial charge in [-0.05, 0) is 44.9 Å². The minimum absolute atomic E-state index is 0.262. The van der Waals surface area contributed by atoms with Crippen LogP contribution >= 0.6 is 11.8 Å². The molecule has 19 heavy (non-hydrogen) atoms. The second kappa shape index (κ2) is 8.15. The van der Waals surface area contributed by atoms with Crippen molar-refractivity contribution in [2.24, 2.45) is 0 Å². The fourth-order valence-corrected chi connectivity index (χ4v) is 4.23. The summed E-state index contributed by atoms with van der Waals surface area (Å²) >= 11 is 1.91. The second-order valence-electron chi connectivity index (χ2n) is 5.92. The highest BCUT2D eigenvalue weighted by atomic mass is 32.2. The van der Waals surface area contributed by atoms with Crippen molar-refractivity contribution < 1.29 is 4.79 Å². The lowest BCUT2D eigenvalue weighted by Gasteiger charge is -2.31. The van der Waals surface area contributed by atoms with Crippen LogP contribution in [0.5, 0.6) is 0 Å². The highest BCUT2D eigenvalue weighted by molar-refractivity contribution is 7.99. The second-order valence-corrected chi connectivity index (χ2v) is 7.00. The molecule has 2 N–H and O–H groups in total. The fraction of sp³-hybridized carbons (Fsp3) is 0.933. The van der Waals surface area contributed by atoms with Crippen molar-refractivity contribution in [2.75, 3.05) is 12.8 Å². The van der Waals surface area contributed by atoms with Gasteiger partial charge in [0.15, 0.2) is 0 Å². The topological polar surface area (TPSA) is 41.1 Å². The monoisotopic (exact) mass is 284 g/mol. The maximum atomic E-state index is 12.1. The Morgan fingerprint density at radius 2 is 2.00 bits per heavy atom. The highest BCUT2D eigenvalue weighted by Crippen LogP contribution is 2.27. The minimum atomic E-state index is 0.262. The third-order valence-corrected chi connectivity index (χ3v) is 5.65. The zero-order valence-electron chi connectivity index (χ0n) is 12.1. The van der Waals surface area contributed by atoms with Gasteiger partial charge >= 0.3 is 0 Å². The summed E-state index contributed by atoms with van der Waals surface area (Å²) in [5.41, 5.74) is 0. The zero-order valence-corrected chi connectivity index (χ0v) is 12.9. The summed E-state index contributed by atoms with van der Waals surface area (Å²) in [6, 6.07) is 0.984. The summed E-state index contributed by atoms with van der Waals surface area (Å²) in [6.45, 7) is 1.13. The van der Waals surface area contributed by atoms with E-state index in [0.717, 1.165) is 13.0 Å². The van der Waals surface area contributed by atoms with Crippen LogP contribution in [0.25, 0.3) is 0 Å². The number of rotatable bonds is 5. The molecule has 3 atom stereocenters. The van der Waals surface area contributed by atoms with E-state index in [0.29, 0.717) is 23.8 Å². The third kappa shape index (κ3) is 4.99. The SMILES string of the molecule is CSC1CCCCC1NC(=O)CCC1CCCCN1. The van der Waals surface area contributed by atoms with Crippen molar-refractivity contribution >= 4 is 17.7 Å². The third-order valence-electron chi connectivity index (χ3n) is 4.48. The van der Waals surface area contributed by atoms with Crippen LogP contribution in [0, 0.1) is 0 Å². The molecule has 1 amide bonds. The first-order valence-corrected chi connectivity index (χ1v) is 9.14. The van der Waals surface area contributed by atoms with Crippen molar-refractivity contribution in [3.05, 3.63) is 0 Å². The van der Waals surface area contributed by atoms with Gasteiger partial charge in [0.1, 0.15) is 0 Å². The molecule has 1 heterocycles. The quantitative estimate of drug-likeness (QED) is 0.815. The summed E-state index contributed by atoms with van der Waals surface area (Å²) < 4.78 is 0. The molecule has 0 aromatic heterocycles. The van der Waals surface area contributed by atoms with E-state index in [1.165, 1.54) is 44.9 Å². The van der Waals surface area contributed by atoms with Gasteiger partial charge in [0, 0.05) is 23.8 Å². The normalized spacial score (nSPS) is 31.9. The average Bonchev–Trinajstić information content (AvgIpc) is 2.47. The van der Waals surface area contributed by atoms with Crippen molar-refractivity contribution in [3.63, 3.8) is 0 Å². The minimum Gasteiger partial charge on any atom is -0.352 e. The van der Waals surface area contributed by atoms with Crippen LogP contribution in [0.4, 0.5) is 0 Å². The van der Waals surface area contributed by atoms with Crippen molar-refractivity contribution in [2.45, 2.75) is 75.1 Å². The summed E-state index contributed by atoms with van der Waals surface area (Å²) in [5.74, 6) is 0.262. The Hall–Kier alpha value is -0.220. The Kier molecular flexibility index (Phi) is 6.51. The van der Waals surface area contributed by atoms with Crippen LogP contribution in [-0.4, -0.2) is 36.0 Å². The molecular weight excluding hydrogens is 256 g/mol. The predicted octanol–water partition coefficient (Wildman–Crippen LogP) is 2.70. The Morgan fingerprint density at radius 3 is 2.74 bits per heavy atom. The largest absolute Gasteiger partial charge is 0.352 e. The molecule has 3 unspecified atom stereocenters. The number of nitrogens with one attached hydrogen (secondary N) is 2. The van der Waals surface area contributed by atoms with Crippen LogP contribution in [0.1, 0.15) is 57.8 Å². The van der Waals surface area contributed by atoms with Crippen molar-refractivity contribution in [3.8, 4) is 0 Å². The molecule has 110 valence electrons. The molecule has 2 fully saturated rings. The maximum absolute atomic E-state index is 12.1. The number of thioether (sulfide) groups is 1. The lowest BCUT2D eigenvalue weighted by molar-refractivity contribution is -0.122. The predicted molar refractivity (Wildman–Crippen MR) is 82.6 cm³/mol. The van der Waals surface area contributed by atoms with Gasteiger partial charge in [0.25, 0.3) is 0 Å². The van der Waals surface area contributed by atoms with Gasteiger partial charge in [0.05, 0.1) is 0 Å². The zero-order chi connectivity index (χ0) is 13.5. The number of carbonyl (C=O) groups excluding carboxylic acids is 1. The summed E-state index contributed by atoms with van der Waals surface area (Å²) in [4.78, 5) is 12.1. The van der Waals surface area contributed by atoms with E-state index in [2.05, 4.69) is 16.9 Å². The maximum Gasteiger partial charge on any atom is 0.220 e. The number of hydrogen-bond acceptors (Lipinski definition) is 3. The summed E-state index contributed by atoms with van der Waals surface area (Å²) in [7, 11) is 0. The number of piperidine rings is 1. The molecule has 0 aromatic rings. The van der Waals surface area contributed by atoms with E-state index in [1.807, 2.05) is 11.8 Å². The van der Waals surface area contributed by atoms with Crippen LogP contribution in [0.15, 0.2) is 0 Å². The average molecular weight is 284 g/mol. The van der Waals surface area contributed by atoms with E-state index in [-0.39, 0.29) is 5.91 Å². The molecule has 2 aliphatic rings. The molecular formula is C15H28N2OS. The molecule has 2 rings (SSSR count). The Balaban J connectivity index is 1.67. The van der Waals surface area contributed by atoms with Gasteiger partial charge < -0.3 is 10.6 Å². The van der Waals surface area contributed by atoms with Crippen LogP contribution in [0.2, 0.25) is 0 Å². The molecule has 0 spiro atoms. The molecule has 1 aliphatic carbocycles. The van der Waals surface area contributed by atoms with Gasteiger partial charge in [-0.15, -0.1) is 0 Å². The van der Waals surface area contributed by atoms with Gasteiger partial charge in [-0.3, -0.25) is 4.79 Å². The lowest BCUT2D eigenvalue weighted by Crippen LogP contribution is -2.44. The Morgan fingerprint density at radius 1 is 1.21 bits per heavy atom. The lowest BCUT2D eigenvalue weighted by atomic mass is 9.94. The van der Waals surface area contributed by atoms with Gasteiger partial charge in [-0.2, -0.15) is 11.8 Å². The first-order valence-electron chi connectivity index (χ1n) is 7.85. The molecule has 1 aliphatic heterocycles. The molecule has 1 saturated heterocycles. The van der Waals surface area contributed by atoms with Gasteiger partial charge in [0.2, 0.25) is 5.91 Å². The van der Waals surface area contributed by atoms with Crippen LogP contribution in [0.3, 0.4) is 0 Å². The van der Waals surface area contributed by atoms with Crippen molar-refractivity contribution in [1.29, 1.82) is 0 Å². The fourth-order valence-electron chi connectivity index (χ4n) is 3.30. The number of amides is 1. The standard InChI is InChI=1S/C15H28N2OS/c1-19-14-8-3-2-7-13(14)17-15(18)10-9-12-6-4-5-11-16-12/h12-14,16H,2-11H2,1H3,(H,17,18). The molecule has 4 heteroatoms. The molecule has 0 radical (unpaired) electrons. The van der Waals surface area contributed by atoms with Crippen LogP contribution < -0.4 is 10.6 Å². The van der Waals surface area contributed by atoms with Crippen LogP contribution in [-0.2, 0) is 4.79 Å². The van der Waals surface area contributed by atoms with E-state index in [4.69, 9.17) is 0 Å². The van der Waals surface area contributed by atoms with E-state index in [9.17, 15) is 4.79 Å². The Bertz CT molecular complexity index is 279. The Labute approximate surface area is 121 Å². The van der Waals surface area contributed by atoms with E-state index < -0.39 is 0 Å². The van der Waals surface area contributed by atoms with E-state index >= 15 is 0 Å². The molecule has 0 bridgehead atoms. The van der Waals surface area contributed by atoms with Gasteiger partial charge in [-0.25, -0.2) is 0 Å². The molecule has 0 aromatic carbocycles. The van der Waals surface area contributed by atoms with Crippen molar-refractivity contribution in [1.82, 2.24) is 10.6 Å².